The van der Waals surface area contributed by atoms with Crippen molar-refractivity contribution in [1.82, 2.24) is 10.2 Å². The number of halogens is 1. The summed E-state index contributed by atoms with van der Waals surface area (Å²) in [5.74, 6) is -0.197. The number of ether oxygens (including phenoxy) is 1. The zero-order chi connectivity index (χ0) is 15.6. The monoisotopic (exact) mass is 306 g/mol. The number of nitrogens with zero attached hydrogens (tertiary/aromatic N) is 1. The molecule has 1 aliphatic heterocycles. The third-order valence-corrected chi connectivity index (χ3v) is 4.94. The van der Waals surface area contributed by atoms with Crippen LogP contribution in [0.5, 0.6) is 0 Å². The molecule has 2 fully saturated rings. The molecule has 2 aliphatic rings. The number of benzene rings is 1. The molecule has 1 N–H and O–H groups in total. The minimum atomic E-state index is -0.314. The number of carbonyl (C=O) groups excluding carboxylic acids is 1. The maximum atomic E-state index is 13.1. The molecule has 22 heavy (non-hydrogen) atoms. The number of hydrogen-bond acceptors (Lipinski definition) is 3. The third-order valence-electron chi connectivity index (χ3n) is 4.94. The first kappa shape index (κ1) is 15.4. The van der Waals surface area contributed by atoms with Crippen molar-refractivity contribution < 1.29 is 13.9 Å². The topological polar surface area (TPSA) is 41.6 Å². The second kappa shape index (κ2) is 6.34. The minimum Gasteiger partial charge on any atom is -0.379 e. The van der Waals surface area contributed by atoms with Gasteiger partial charge < -0.3 is 10.1 Å². The van der Waals surface area contributed by atoms with Crippen molar-refractivity contribution in [3.05, 3.63) is 35.6 Å². The molecule has 1 saturated heterocycles. The normalized spacial score (nSPS) is 22.6. The van der Waals surface area contributed by atoms with Gasteiger partial charge in [0, 0.05) is 13.1 Å². The van der Waals surface area contributed by atoms with Crippen molar-refractivity contribution in [3.63, 3.8) is 0 Å². The van der Waals surface area contributed by atoms with Gasteiger partial charge in [-0.1, -0.05) is 12.1 Å². The van der Waals surface area contributed by atoms with Crippen LogP contribution >= 0.6 is 0 Å². The van der Waals surface area contributed by atoms with Crippen LogP contribution in [0.15, 0.2) is 24.3 Å². The predicted molar refractivity (Wildman–Crippen MR) is 81.9 cm³/mol. The highest BCUT2D eigenvalue weighted by atomic mass is 19.1. The molecule has 1 atom stereocenters. The van der Waals surface area contributed by atoms with Crippen LogP contribution in [0.2, 0.25) is 0 Å². The van der Waals surface area contributed by atoms with Gasteiger partial charge in [0.25, 0.3) is 0 Å². The van der Waals surface area contributed by atoms with Crippen molar-refractivity contribution in [2.24, 2.45) is 0 Å². The molecule has 1 saturated carbocycles. The Hall–Kier alpha value is -1.46. The number of rotatable bonds is 4. The lowest BCUT2D eigenvalue weighted by Crippen LogP contribution is -2.57. The van der Waals surface area contributed by atoms with Crippen molar-refractivity contribution in [3.8, 4) is 0 Å². The highest BCUT2D eigenvalue weighted by molar-refractivity contribution is 5.82. The van der Waals surface area contributed by atoms with Gasteiger partial charge in [0.15, 0.2) is 0 Å². The van der Waals surface area contributed by atoms with E-state index in [1.54, 1.807) is 12.1 Å². The fourth-order valence-corrected chi connectivity index (χ4v) is 3.26. The number of amides is 1. The maximum Gasteiger partial charge on any atom is 0.237 e. The molecule has 0 bridgehead atoms. The van der Waals surface area contributed by atoms with Gasteiger partial charge in [0.2, 0.25) is 5.91 Å². The maximum absolute atomic E-state index is 13.1. The Kier molecular flexibility index (Phi) is 4.45. The fourth-order valence-electron chi connectivity index (χ4n) is 3.26. The lowest BCUT2D eigenvalue weighted by atomic mass is 9.71. The van der Waals surface area contributed by atoms with Gasteiger partial charge in [-0.25, -0.2) is 4.39 Å². The quantitative estimate of drug-likeness (QED) is 0.925. The van der Waals surface area contributed by atoms with Crippen LogP contribution in [0.4, 0.5) is 4.39 Å². The summed E-state index contributed by atoms with van der Waals surface area (Å²) in [7, 11) is 0. The van der Waals surface area contributed by atoms with Gasteiger partial charge in [-0.3, -0.25) is 9.69 Å². The molecule has 3 rings (SSSR count). The van der Waals surface area contributed by atoms with Crippen molar-refractivity contribution >= 4 is 5.91 Å². The van der Waals surface area contributed by atoms with E-state index < -0.39 is 0 Å². The van der Waals surface area contributed by atoms with Crippen LogP contribution in [0.3, 0.4) is 0 Å². The lowest BCUT2D eigenvalue weighted by molar-refractivity contribution is -0.130. The number of hydrogen-bond donors (Lipinski definition) is 1. The summed E-state index contributed by atoms with van der Waals surface area (Å²) in [6.45, 7) is 4.88. The lowest BCUT2D eigenvalue weighted by Gasteiger charge is -2.44. The largest absolute Gasteiger partial charge is 0.379 e. The molecule has 0 aromatic heterocycles. The van der Waals surface area contributed by atoms with Gasteiger partial charge >= 0.3 is 0 Å². The molecule has 1 aliphatic carbocycles. The number of morpholine rings is 1. The van der Waals surface area contributed by atoms with Crippen LogP contribution in [0.1, 0.15) is 31.7 Å². The third kappa shape index (κ3) is 3.01. The van der Waals surface area contributed by atoms with Gasteiger partial charge in [0.05, 0.1) is 24.8 Å². The Morgan fingerprint density at radius 2 is 1.91 bits per heavy atom. The predicted octanol–water partition coefficient (Wildman–Crippen LogP) is 2.04. The van der Waals surface area contributed by atoms with E-state index in [1.807, 2.05) is 6.92 Å². The second-order valence-corrected chi connectivity index (χ2v) is 6.26. The van der Waals surface area contributed by atoms with Crippen LogP contribution < -0.4 is 5.32 Å². The Bertz CT molecular complexity index is 522. The van der Waals surface area contributed by atoms with Crippen LogP contribution in [0.25, 0.3) is 0 Å². The summed E-state index contributed by atoms with van der Waals surface area (Å²) in [6, 6.07) is 6.34. The van der Waals surface area contributed by atoms with E-state index in [0.717, 1.165) is 37.9 Å². The Labute approximate surface area is 130 Å². The van der Waals surface area contributed by atoms with E-state index >= 15 is 0 Å². The smallest absolute Gasteiger partial charge is 0.237 e. The van der Waals surface area contributed by atoms with E-state index in [2.05, 4.69) is 10.2 Å². The van der Waals surface area contributed by atoms with Gasteiger partial charge in [-0.15, -0.1) is 0 Å². The molecule has 1 heterocycles. The fraction of sp³-hybridized carbons (Fsp3) is 0.588. The Morgan fingerprint density at radius 1 is 1.27 bits per heavy atom. The molecule has 0 spiro atoms. The summed E-state index contributed by atoms with van der Waals surface area (Å²) in [4.78, 5) is 14.8. The zero-order valence-corrected chi connectivity index (χ0v) is 13.0. The molecule has 5 heteroatoms. The summed E-state index contributed by atoms with van der Waals surface area (Å²) < 4.78 is 18.5. The summed E-state index contributed by atoms with van der Waals surface area (Å²) in [5, 5.41) is 3.22. The minimum absolute atomic E-state index is 0.0472. The van der Waals surface area contributed by atoms with Gasteiger partial charge in [-0.2, -0.15) is 0 Å². The molecular formula is C17H23FN2O2. The second-order valence-electron chi connectivity index (χ2n) is 6.26. The van der Waals surface area contributed by atoms with Gasteiger partial charge in [0.1, 0.15) is 5.82 Å². The summed E-state index contributed by atoms with van der Waals surface area (Å²) in [6.07, 6.45) is 2.92. The van der Waals surface area contributed by atoms with Crippen LogP contribution in [-0.4, -0.2) is 43.2 Å². The first-order chi connectivity index (χ1) is 10.6. The first-order valence-corrected chi connectivity index (χ1v) is 8.01. The molecule has 1 aromatic rings. The van der Waals surface area contributed by atoms with E-state index in [9.17, 15) is 9.18 Å². The molecular weight excluding hydrogens is 283 g/mol. The average Bonchev–Trinajstić information content (AvgIpc) is 2.52. The summed E-state index contributed by atoms with van der Waals surface area (Å²) in [5.41, 5.74) is 0.688. The zero-order valence-electron chi connectivity index (χ0n) is 13.0. The molecule has 1 aromatic carbocycles. The van der Waals surface area contributed by atoms with E-state index in [1.165, 1.54) is 12.1 Å². The van der Waals surface area contributed by atoms with E-state index in [0.29, 0.717) is 13.2 Å². The molecule has 1 amide bonds. The molecule has 4 nitrogen and oxygen atoms in total. The van der Waals surface area contributed by atoms with Crippen LogP contribution in [-0.2, 0) is 15.1 Å². The molecule has 0 radical (unpaired) electrons. The first-order valence-electron chi connectivity index (χ1n) is 8.01. The standard InChI is InChI=1S/C17H23FN2O2/c1-13(20-9-11-22-12-10-20)16(21)19-17(7-2-8-17)14-3-5-15(18)6-4-14/h3-6,13H,2,7-12H2,1H3,(H,19,21). The number of nitrogens with one attached hydrogen (secondary N) is 1. The molecule has 1 unspecified atom stereocenters. The van der Waals surface area contributed by atoms with Crippen molar-refractivity contribution in [2.45, 2.75) is 37.8 Å². The van der Waals surface area contributed by atoms with Crippen LogP contribution in [0, 0.1) is 5.82 Å². The van der Waals surface area contributed by atoms with Crippen molar-refractivity contribution in [2.75, 3.05) is 26.3 Å². The van der Waals surface area contributed by atoms with Crippen molar-refractivity contribution in [1.29, 1.82) is 0 Å². The summed E-state index contributed by atoms with van der Waals surface area (Å²) >= 11 is 0. The number of carbonyl (C=O) groups is 1. The molecule has 120 valence electrons. The highest BCUT2D eigenvalue weighted by Crippen LogP contribution is 2.41. The van der Waals surface area contributed by atoms with E-state index in [4.69, 9.17) is 4.74 Å². The van der Waals surface area contributed by atoms with Gasteiger partial charge in [-0.05, 0) is 43.9 Å². The average molecular weight is 306 g/mol. The van der Waals surface area contributed by atoms with E-state index in [-0.39, 0.29) is 23.3 Å². The SMILES string of the molecule is CC(C(=O)NC1(c2ccc(F)cc2)CCC1)N1CCOCC1. The Balaban J connectivity index is 1.69. The Morgan fingerprint density at radius 3 is 2.45 bits per heavy atom. The highest BCUT2D eigenvalue weighted by Gasteiger charge is 2.41.